The van der Waals surface area contributed by atoms with Gasteiger partial charge in [-0.3, -0.25) is 0 Å². The number of methoxy groups -OCH3 is 1. The zero-order valence-corrected chi connectivity index (χ0v) is 13.7. The number of benzene rings is 1. The molecule has 1 aromatic rings. The van der Waals surface area contributed by atoms with Gasteiger partial charge in [0, 0.05) is 16.1 Å². The Morgan fingerprint density at radius 3 is 2.68 bits per heavy atom. The molecule has 0 spiro atoms. The van der Waals surface area contributed by atoms with Crippen LogP contribution in [0.5, 0.6) is 5.75 Å². The van der Waals surface area contributed by atoms with E-state index in [1.807, 2.05) is 0 Å². The van der Waals surface area contributed by atoms with Crippen LogP contribution in [0.4, 0.5) is 0 Å². The maximum absolute atomic E-state index is 5.60. The van der Waals surface area contributed by atoms with E-state index in [1.165, 1.54) is 41.3 Å². The number of ether oxygens (including phenoxy) is 1. The van der Waals surface area contributed by atoms with Crippen LogP contribution in [0.15, 0.2) is 16.6 Å². The van der Waals surface area contributed by atoms with Gasteiger partial charge in [0.2, 0.25) is 0 Å². The van der Waals surface area contributed by atoms with Crippen LogP contribution in [0.3, 0.4) is 0 Å². The molecule has 1 fully saturated rings. The van der Waals surface area contributed by atoms with Crippen molar-refractivity contribution in [3.63, 3.8) is 0 Å². The summed E-state index contributed by atoms with van der Waals surface area (Å²) in [4.78, 5) is 0. The maximum Gasteiger partial charge on any atom is 0.123 e. The van der Waals surface area contributed by atoms with Crippen molar-refractivity contribution < 1.29 is 4.74 Å². The largest absolute Gasteiger partial charge is 0.496 e. The highest BCUT2D eigenvalue weighted by molar-refractivity contribution is 9.10. The van der Waals surface area contributed by atoms with E-state index in [0.29, 0.717) is 6.04 Å². The van der Waals surface area contributed by atoms with Gasteiger partial charge in [0.25, 0.3) is 0 Å². The van der Waals surface area contributed by atoms with Gasteiger partial charge < -0.3 is 10.1 Å². The van der Waals surface area contributed by atoms with E-state index >= 15 is 0 Å². The molecule has 1 saturated carbocycles. The summed E-state index contributed by atoms with van der Waals surface area (Å²) >= 11 is 3.65. The first-order valence-corrected chi connectivity index (χ1v) is 8.04. The van der Waals surface area contributed by atoms with Gasteiger partial charge in [0.1, 0.15) is 5.75 Å². The second kappa shape index (κ2) is 6.76. The molecule has 0 bridgehead atoms. The van der Waals surface area contributed by atoms with Crippen molar-refractivity contribution in [2.75, 3.05) is 13.7 Å². The molecule has 0 aromatic heterocycles. The molecule has 2 nitrogen and oxygen atoms in total. The zero-order chi connectivity index (χ0) is 13.8. The summed E-state index contributed by atoms with van der Waals surface area (Å²) in [5, 5.41) is 3.71. The molecule has 1 aromatic carbocycles. The van der Waals surface area contributed by atoms with E-state index in [9.17, 15) is 0 Å². The van der Waals surface area contributed by atoms with Gasteiger partial charge in [-0.1, -0.05) is 29.3 Å². The normalized spacial score (nSPS) is 17.1. The first kappa shape index (κ1) is 14.9. The zero-order valence-electron chi connectivity index (χ0n) is 12.1. The Kier molecular flexibility index (Phi) is 5.28. The molecule has 3 heteroatoms. The third-order valence-electron chi connectivity index (χ3n) is 4.08. The molecule has 1 unspecified atom stereocenters. The lowest BCUT2D eigenvalue weighted by Crippen LogP contribution is -2.33. The first-order valence-electron chi connectivity index (χ1n) is 7.24. The Labute approximate surface area is 125 Å². The van der Waals surface area contributed by atoms with Crippen molar-refractivity contribution in [1.82, 2.24) is 5.32 Å². The molecule has 0 amide bonds. The number of nitrogens with one attached hydrogen (secondary N) is 1. The standard InChI is InChI=1S/C16H24BrNO/c1-4-8-18-16(12-6-5-7-12)13-10-14(17)11(2)9-15(13)19-3/h9-10,12,16,18H,4-8H2,1-3H3. The molecule has 0 radical (unpaired) electrons. The summed E-state index contributed by atoms with van der Waals surface area (Å²) in [6.07, 6.45) is 5.19. The van der Waals surface area contributed by atoms with Crippen molar-refractivity contribution in [1.29, 1.82) is 0 Å². The topological polar surface area (TPSA) is 21.3 Å². The van der Waals surface area contributed by atoms with Crippen molar-refractivity contribution in [3.05, 3.63) is 27.7 Å². The fourth-order valence-corrected chi connectivity index (χ4v) is 3.05. The van der Waals surface area contributed by atoms with E-state index in [4.69, 9.17) is 4.74 Å². The highest BCUT2D eigenvalue weighted by atomic mass is 79.9. The van der Waals surface area contributed by atoms with Gasteiger partial charge in [-0.25, -0.2) is 0 Å². The van der Waals surface area contributed by atoms with Crippen molar-refractivity contribution in [2.45, 2.75) is 45.6 Å². The molecule has 1 aliphatic carbocycles. The van der Waals surface area contributed by atoms with E-state index in [-0.39, 0.29) is 0 Å². The molecule has 106 valence electrons. The third-order valence-corrected chi connectivity index (χ3v) is 4.94. The van der Waals surface area contributed by atoms with Gasteiger partial charge in [0.15, 0.2) is 0 Å². The van der Waals surface area contributed by atoms with Crippen LogP contribution in [0.2, 0.25) is 0 Å². The Morgan fingerprint density at radius 2 is 2.16 bits per heavy atom. The molecule has 0 heterocycles. The monoisotopic (exact) mass is 325 g/mol. The Morgan fingerprint density at radius 1 is 1.42 bits per heavy atom. The lowest BCUT2D eigenvalue weighted by atomic mass is 9.77. The van der Waals surface area contributed by atoms with E-state index in [1.54, 1.807) is 7.11 Å². The van der Waals surface area contributed by atoms with Crippen molar-refractivity contribution in [3.8, 4) is 5.75 Å². The number of halogens is 1. The Balaban J connectivity index is 2.30. The molecule has 1 atom stereocenters. The minimum atomic E-state index is 0.431. The molecular weight excluding hydrogens is 302 g/mol. The quantitative estimate of drug-likeness (QED) is 0.824. The minimum Gasteiger partial charge on any atom is -0.496 e. The number of hydrogen-bond acceptors (Lipinski definition) is 2. The summed E-state index contributed by atoms with van der Waals surface area (Å²) in [5.74, 6) is 1.77. The van der Waals surface area contributed by atoms with E-state index in [0.717, 1.165) is 18.2 Å². The summed E-state index contributed by atoms with van der Waals surface area (Å²) in [6, 6.07) is 4.80. The molecule has 1 N–H and O–H groups in total. The van der Waals surface area contributed by atoms with Crippen LogP contribution < -0.4 is 10.1 Å². The van der Waals surface area contributed by atoms with Crippen LogP contribution in [-0.2, 0) is 0 Å². The van der Waals surface area contributed by atoms with Gasteiger partial charge in [-0.05, 0) is 56.3 Å². The average molecular weight is 326 g/mol. The van der Waals surface area contributed by atoms with E-state index < -0.39 is 0 Å². The molecule has 0 saturated heterocycles. The fourth-order valence-electron chi connectivity index (χ4n) is 2.69. The number of aryl methyl sites for hydroxylation is 1. The second-order valence-corrected chi connectivity index (χ2v) is 6.32. The fraction of sp³-hybridized carbons (Fsp3) is 0.625. The van der Waals surface area contributed by atoms with Crippen LogP contribution in [0.25, 0.3) is 0 Å². The third kappa shape index (κ3) is 3.32. The van der Waals surface area contributed by atoms with Crippen LogP contribution >= 0.6 is 15.9 Å². The summed E-state index contributed by atoms with van der Waals surface area (Å²) in [7, 11) is 1.77. The van der Waals surface area contributed by atoms with Crippen LogP contribution in [0.1, 0.15) is 49.8 Å². The second-order valence-electron chi connectivity index (χ2n) is 5.47. The lowest BCUT2D eigenvalue weighted by Gasteiger charge is -2.35. The van der Waals surface area contributed by atoms with Gasteiger partial charge in [-0.2, -0.15) is 0 Å². The summed E-state index contributed by atoms with van der Waals surface area (Å²) < 4.78 is 6.77. The van der Waals surface area contributed by atoms with Gasteiger partial charge >= 0.3 is 0 Å². The average Bonchev–Trinajstić information content (AvgIpc) is 2.35. The van der Waals surface area contributed by atoms with Crippen molar-refractivity contribution in [2.24, 2.45) is 5.92 Å². The molecule has 0 aliphatic heterocycles. The smallest absolute Gasteiger partial charge is 0.123 e. The SMILES string of the molecule is CCCNC(c1cc(Br)c(C)cc1OC)C1CCC1. The molecule has 19 heavy (non-hydrogen) atoms. The maximum atomic E-state index is 5.60. The minimum absolute atomic E-state index is 0.431. The number of hydrogen-bond donors (Lipinski definition) is 1. The van der Waals surface area contributed by atoms with Gasteiger partial charge in [0.05, 0.1) is 7.11 Å². The Hall–Kier alpha value is -0.540. The molecule has 1 aliphatic rings. The first-order chi connectivity index (χ1) is 9.17. The van der Waals surface area contributed by atoms with Crippen LogP contribution in [-0.4, -0.2) is 13.7 Å². The Bertz CT molecular complexity index is 429. The van der Waals surface area contributed by atoms with E-state index in [2.05, 4.69) is 47.2 Å². The van der Waals surface area contributed by atoms with Crippen LogP contribution in [0, 0.1) is 12.8 Å². The number of rotatable bonds is 6. The molecule has 2 rings (SSSR count). The highest BCUT2D eigenvalue weighted by Crippen LogP contribution is 2.42. The lowest BCUT2D eigenvalue weighted by molar-refractivity contribution is 0.227. The predicted octanol–water partition coefficient (Wildman–Crippen LogP) is 4.61. The predicted molar refractivity (Wildman–Crippen MR) is 83.8 cm³/mol. The molecular formula is C16H24BrNO. The van der Waals surface area contributed by atoms with Gasteiger partial charge in [-0.15, -0.1) is 0 Å². The summed E-state index contributed by atoms with van der Waals surface area (Å²) in [5.41, 5.74) is 2.53. The summed E-state index contributed by atoms with van der Waals surface area (Å²) in [6.45, 7) is 5.39. The highest BCUT2D eigenvalue weighted by Gasteiger charge is 2.30. The van der Waals surface area contributed by atoms with Crippen molar-refractivity contribution >= 4 is 15.9 Å².